The Labute approximate surface area is 113 Å². The topological polar surface area (TPSA) is 87.4 Å². The van der Waals surface area contributed by atoms with Crippen LogP contribution in [0.15, 0.2) is 11.6 Å². The number of ether oxygens (including phenoxy) is 1. The molecule has 1 N–H and O–H groups in total. The maximum Gasteiger partial charge on any atom is 0.349 e. The highest BCUT2D eigenvalue weighted by Crippen LogP contribution is 2.08. The Kier molecular flexibility index (Phi) is 9.37. The normalized spacial score (nSPS) is 11.2. The van der Waals surface area contributed by atoms with Crippen molar-refractivity contribution in [2.75, 3.05) is 13.2 Å². The second-order valence-corrected chi connectivity index (χ2v) is 4.67. The fourth-order valence-corrected chi connectivity index (χ4v) is 1.42. The molecule has 0 aromatic rings. The molecule has 0 saturated carbocycles. The van der Waals surface area contributed by atoms with Crippen LogP contribution in [0.4, 0.5) is 0 Å². The van der Waals surface area contributed by atoms with Crippen LogP contribution in [0.1, 0.15) is 39.5 Å². The van der Waals surface area contributed by atoms with Crippen molar-refractivity contribution in [1.29, 1.82) is 5.26 Å². The quantitative estimate of drug-likeness (QED) is 0.297. The standard InChI is InChI=1S/C14H21NO4/c1-11(2)6-4-3-5-7-19-14(18)12(9-15)8-13(17)10-16/h8,11,16H,3-7,10H2,1-2H3/b12-8+. The van der Waals surface area contributed by atoms with Gasteiger partial charge in [-0.3, -0.25) is 4.79 Å². The Hall–Kier alpha value is -1.67. The number of carbonyl (C=O) groups is 2. The molecule has 5 heteroatoms. The lowest BCUT2D eigenvalue weighted by Gasteiger charge is -2.05. The zero-order valence-electron chi connectivity index (χ0n) is 11.5. The number of hydrogen-bond donors (Lipinski definition) is 1. The molecule has 0 rings (SSSR count). The van der Waals surface area contributed by atoms with Crippen LogP contribution in [0.5, 0.6) is 0 Å². The fourth-order valence-electron chi connectivity index (χ4n) is 1.42. The van der Waals surface area contributed by atoms with Crippen molar-refractivity contribution in [2.45, 2.75) is 39.5 Å². The number of carbonyl (C=O) groups excluding carboxylic acids is 2. The molecule has 0 amide bonds. The zero-order valence-corrected chi connectivity index (χ0v) is 11.5. The number of unbranched alkanes of at least 4 members (excludes halogenated alkanes) is 2. The molecular weight excluding hydrogens is 246 g/mol. The van der Waals surface area contributed by atoms with Gasteiger partial charge in [-0.05, 0) is 12.3 Å². The van der Waals surface area contributed by atoms with E-state index in [-0.39, 0.29) is 12.2 Å². The summed E-state index contributed by atoms with van der Waals surface area (Å²) in [6.07, 6.45) is 4.74. The van der Waals surface area contributed by atoms with Crippen molar-refractivity contribution in [2.24, 2.45) is 5.92 Å². The molecule has 0 aliphatic rings. The van der Waals surface area contributed by atoms with E-state index in [4.69, 9.17) is 15.1 Å². The number of hydrogen-bond acceptors (Lipinski definition) is 5. The van der Waals surface area contributed by atoms with Gasteiger partial charge in [0.05, 0.1) is 6.61 Å². The van der Waals surface area contributed by atoms with Gasteiger partial charge in [-0.25, -0.2) is 4.79 Å². The van der Waals surface area contributed by atoms with Crippen LogP contribution in [-0.2, 0) is 14.3 Å². The Balaban J connectivity index is 3.94. The number of aliphatic hydroxyl groups excluding tert-OH is 1. The van der Waals surface area contributed by atoms with E-state index in [2.05, 4.69) is 13.8 Å². The van der Waals surface area contributed by atoms with Crippen LogP contribution in [-0.4, -0.2) is 30.1 Å². The monoisotopic (exact) mass is 267 g/mol. The molecule has 0 aromatic carbocycles. The Morgan fingerprint density at radius 1 is 1.32 bits per heavy atom. The molecule has 0 radical (unpaired) electrons. The molecule has 0 heterocycles. The van der Waals surface area contributed by atoms with Crippen molar-refractivity contribution in [1.82, 2.24) is 0 Å². The van der Waals surface area contributed by atoms with E-state index in [1.54, 1.807) is 6.07 Å². The van der Waals surface area contributed by atoms with Crippen molar-refractivity contribution in [3.05, 3.63) is 11.6 Å². The first kappa shape index (κ1) is 17.3. The summed E-state index contributed by atoms with van der Waals surface area (Å²) in [6, 6.07) is 1.59. The van der Waals surface area contributed by atoms with Gasteiger partial charge in [-0.2, -0.15) is 5.26 Å². The van der Waals surface area contributed by atoms with Gasteiger partial charge < -0.3 is 9.84 Å². The van der Waals surface area contributed by atoms with Crippen LogP contribution in [0, 0.1) is 17.2 Å². The van der Waals surface area contributed by atoms with E-state index in [1.807, 2.05) is 0 Å². The summed E-state index contributed by atoms with van der Waals surface area (Å²) in [5.41, 5.74) is -0.374. The van der Waals surface area contributed by atoms with Gasteiger partial charge in [-0.1, -0.05) is 33.1 Å². The molecule has 0 fully saturated rings. The molecule has 0 saturated heterocycles. The van der Waals surface area contributed by atoms with Gasteiger partial charge in [0.25, 0.3) is 0 Å². The molecule has 19 heavy (non-hydrogen) atoms. The molecule has 0 unspecified atom stereocenters. The van der Waals surface area contributed by atoms with Gasteiger partial charge in [0.2, 0.25) is 0 Å². The van der Waals surface area contributed by atoms with E-state index in [0.717, 1.165) is 31.8 Å². The average Bonchev–Trinajstić information content (AvgIpc) is 2.38. The van der Waals surface area contributed by atoms with Gasteiger partial charge in [0.15, 0.2) is 5.78 Å². The molecule has 0 aliphatic heterocycles. The first-order chi connectivity index (χ1) is 9.01. The van der Waals surface area contributed by atoms with Crippen LogP contribution in [0.25, 0.3) is 0 Å². The second-order valence-electron chi connectivity index (χ2n) is 4.67. The van der Waals surface area contributed by atoms with Crippen molar-refractivity contribution < 1.29 is 19.4 Å². The zero-order chi connectivity index (χ0) is 14.7. The van der Waals surface area contributed by atoms with E-state index in [0.29, 0.717) is 5.92 Å². The number of rotatable bonds is 9. The first-order valence-electron chi connectivity index (χ1n) is 6.43. The van der Waals surface area contributed by atoms with E-state index in [1.165, 1.54) is 0 Å². The third kappa shape index (κ3) is 8.97. The molecule has 0 atom stereocenters. The van der Waals surface area contributed by atoms with E-state index in [9.17, 15) is 9.59 Å². The maximum absolute atomic E-state index is 11.4. The second kappa shape index (κ2) is 10.3. The minimum absolute atomic E-state index is 0.239. The number of esters is 1. The van der Waals surface area contributed by atoms with E-state index >= 15 is 0 Å². The summed E-state index contributed by atoms with van der Waals surface area (Å²) in [5, 5.41) is 17.2. The summed E-state index contributed by atoms with van der Waals surface area (Å²) >= 11 is 0. The van der Waals surface area contributed by atoms with Crippen LogP contribution < -0.4 is 0 Å². The predicted molar refractivity (Wildman–Crippen MR) is 70.1 cm³/mol. The minimum atomic E-state index is -0.812. The van der Waals surface area contributed by atoms with Gasteiger partial charge in [0, 0.05) is 6.08 Å². The van der Waals surface area contributed by atoms with Gasteiger partial charge in [0.1, 0.15) is 18.2 Å². The number of nitriles is 1. The third-order valence-electron chi connectivity index (χ3n) is 2.46. The Morgan fingerprint density at radius 3 is 2.53 bits per heavy atom. The molecule has 106 valence electrons. The molecule has 0 bridgehead atoms. The van der Waals surface area contributed by atoms with Crippen molar-refractivity contribution >= 4 is 11.8 Å². The average molecular weight is 267 g/mol. The van der Waals surface area contributed by atoms with Crippen LogP contribution in [0.3, 0.4) is 0 Å². The molecule has 0 aliphatic carbocycles. The van der Waals surface area contributed by atoms with E-state index < -0.39 is 18.4 Å². The molecule has 5 nitrogen and oxygen atoms in total. The highest BCUT2D eigenvalue weighted by Gasteiger charge is 2.12. The highest BCUT2D eigenvalue weighted by molar-refractivity contribution is 6.02. The smallest absolute Gasteiger partial charge is 0.349 e. The lowest BCUT2D eigenvalue weighted by molar-refractivity contribution is -0.138. The molecular formula is C14H21NO4. The van der Waals surface area contributed by atoms with Crippen LogP contribution >= 0.6 is 0 Å². The molecule has 0 spiro atoms. The summed E-state index contributed by atoms with van der Waals surface area (Å²) in [7, 11) is 0. The minimum Gasteiger partial charge on any atom is -0.462 e. The largest absolute Gasteiger partial charge is 0.462 e. The van der Waals surface area contributed by atoms with Gasteiger partial charge >= 0.3 is 5.97 Å². The van der Waals surface area contributed by atoms with Crippen molar-refractivity contribution in [3.8, 4) is 6.07 Å². The summed E-state index contributed by atoms with van der Waals surface area (Å²) < 4.78 is 4.88. The number of aliphatic hydroxyl groups is 1. The van der Waals surface area contributed by atoms with Crippen molar-refractivity contribution in [3.63, 3.8) is 0 Å². The van der Waals surface area contributed by atoms with Gasteiger partial charge in [-0.15, -0.1) is 0 Å². The lowest BCUT2D eigenvalue weighted by Crippen LogP contribution is -2.11. The predicted octanol–water partition coefficient (Wildman–Crippen LogP) is 1.76. The third-order valence-corrected chi connectivity index (χ3v) is 2.46. The summed E-state index contributed by atoms with van der Waals surface area (Å²) in [5.74, 6) is -0.834. The summed E-state index contributed by atoms with van der Waals surface area (Å²) in [6.45, 7) is 3.82. The number of ketones is 1. The highest BCUT2D eigenvalue weighted by atomic mass is 16.5. The Morgan fingerprint density at radius 2 is 2.00 bits per heavy atom. The SMILES string of the molecule is CC(C)CCCCCOC(=O)/C(C#N)=C/C(=O)CO. The Bertz CT molecular complexity index is 366. The summed E-state index contributed by atoms with van der Waals surface area (Å²) in [4.78, 5) is 22.3. The van der Waals surface area contributed by atoms with Crippen LogP contribution in [0.2, 0.25) is 0 Å². The maximum atomic E-state index is 11.4. The number of nitrogens with zero attached hydrogens (tertiary/aromatic N) is 1. The lowest BCUT2D eigenvalue weighted by atomic mass is 10.1. The first-order valence-corrected chi connectivity index (χ1v) is 6.43. The fraction of sp³-hybridized carbons (Fsp3) is 0.643. The molecule has 0 aromatic heterocycles.